The maximum absolute atomic E-state index is 13.2. The summed E-state index contributed by atoms with van der Waals surface area (Å²) in [5.74, 6) is -1.62. The Hall–Kier alpha value is -2.66. The Bertz CT molecular complexity index is 786. The van der Waals surface area contributed by atoms with Gasteiger partial charge in [-0.05, 0) is 42.0 Å². The molecule has 2 aromatic rings. The lowest BCUT2D eigenvalue weighted by atomic mass is 10.1. The van der Waals surface area contributed by atoms with E-state index in [9.17, 15) is 14.0 Å². The number of carbonyl (C=O) groups excluding carboxylic acids is 2. The Morgan fingerprint density at radius 2 is 2.00 bits per heavy atom. The van der Waals surface area contributed by atoms with Crippen LogP contribution in [0, 0.1) is 5.82 Å². The molecule has 0 saturated heterocycles. The topological polar surface area (TPSA) is 52.6 Å². The highest BCUT2D eigenvalue weighted by molar-refractivity contribution is 6.30. The van der Waals surface area contributed by atoms with Gasteiger partial charge in [0.2, 0.25) is 5.78 Å². The first-order valence-corrected chi connectivity index (χ1v) is 7.34. The fourth-order valence-corrected chi connectivity index (χ4v) is 2.13. The van der Waals surface area contributed by atoms with Gasteiger partial charge in [0.1, 0.15) is 11.6 Å². The molecule has 0 aliphatic heterocycles. The second-order valence-electron chi connectivity index (χ2n) is 4.76. The molecule has 0 fully saturated rings. The predicted molar refractivity (Wildman–Crippen MR) is 88.7 cm³/mol. The predicted octanol–water partition coefficient (Wildman–Crippen LogP) is 3.93. The Morgan fingerprint density at radius 3 is 2.71 bits per heavy atom. The third kappa shape index (κ3) is 4.93. The molecule has 2 aromatic carbocycles. The Balaban J connectivity index is 1.96. The average molecular weight is 349 g/mol. The molecule has 0 unspecified atom stereocenters. The summed E-state index contributed by atoms with van der Waals surface area (Å²) in [7, 11) is 1.36. The molecule has 6 heteroatoms. The van der Waals surface area contributed by atoms with Crippen molar-refractivity contribution in [1.82, 2.24) is 0 Å². The Kier molecular flexibility index (Phi) is 6.09. The van der Waals surface area contributed by atoms with E-state index in [1.807, 2.05) is 0 Å². The van der Waals surface area contributed by atoms with Crippen molar-refractivity contribution in [3.63, 3.8) is 0 Å². The van der Waals surface area contributed by atoms with Crippen LogP contribution in [0.25, 0.3) is 6.08 Å². The average Bonchev–Trinajstić information content (AvgIpc) is 2.58. The van der Waals surface area contributed by atoms with Crippen LogP contribution in [0.3, 0.4) is 0 Å². The summed E-state index contributed by atoms with van der Waals surface area (Å²) in [6.07, 6.45) is 2.70. The number of esters is 1. The van der Waals surface area contributed by atoms with Gasteiger partial charge >= 0.3 is 5.97 Å². The van der Waals surface area contributed by atoms with Gasteiger partial charge in [-0.2, -0.15) is 0 Å². The van der Waals surface area contributed by atoms with Crippen molar-refractivity contribution >= 4 is 29.4 Å². The van der Waals surface area contributed by atoms with Gasteiger partial charge in [-0.1, -0.05) is 23.7 Å². The molecule has 0 aliphatic carbocycles. The minimum atomic E-state index is -0.696. The van der Waals surface area contributed by atoms with E-state index < -0.39 is 24.2 Å². The van der Waals surface area contributed by atoms with E-state index in [2.05, 4.69) is 0 Å². The van der Waals surface area contributed by atoms with E-state index in [4.69, 9.17) is 21.1 Å². The van der Waals surface area contributed by atoms with Crippen LogP contribution in [-0.2, 0) is 9.53 Å². The van der Waals surface area contributed by atoms with Gasteiger partial charge in [0, 0.05) is 11.1 Å². The molecule has 0 radical (unpaired) electrons. The normalized spacial score (nSPS) is 10.6. The number of rotatable bonds is 6. The minimum absolute atomic E-state index is 0.0177. The van der Waals surface area contributed by atoms with Crippen LogP contribution in [0.5, 0.6) is 5.75 Å². The van der Waals surface area contributed by atoms with Gasteiger partial charge in [-0.25, -0.2) is 9.18 Å². The smallest absolute Gasteiger partial charge is 0.331 e. The summed E-state index contributed by atoms with van der Waals surface area (Å²) < 4.78 is 23.1. The monoisotopic (exact) mass is 348 g/mol. The third-order valence-electron chi connectivity index (χ3n) is 3.07. The molecule has 2 rings (SSSR count). The van der Waals surface area contributed by atoms with Crippen molar-refractivity contribution in [1.29, 1.82) is 0 Å². The molecule has 4 nitrogen and oxygen atoms in total. The van der Waals surface area contributed by atoms with Crippen LogP contribution < -0.4 is 4.74 Å². The number of methoxy groups -OCH3 is 1. The van der Waals surface area contributed by atoms with E-state index in [0.29, 0.717) is 5.02 Å². The molecular weight excluding hydrogens is 335 g/mol. The zero-order chi connectivity index (χ0) is 17.5. The fourth-order valence-electron chi connectivity index (χ4n) is 1.94. The maximum Gasteiger partial charge on any atom is 0.331 e. The number of hydrogen-bond acceptors (Lipinski definition) is 4. The molecule has 124 valence electrons. The number of ketones is 1. The summed E-state index contributed by atoms with van der Waals surface area (Å²) >= 11 is 5.83. The number of Topliss-reactive ketones (excluding diaryl/α,β-unsaturated/α-hetero) is 1. The number of benzene rings is 2. The number of carbonyl (C=O) groups is 2. The van der Waals surface area contributed by atoms with Crippen LogP contribution in [0.2, 0.25) is 5.02 Å². The second kappa shape index (κ2) is 8.26. The lowest BCUT2D eigenvalue weighted by Gasteiger charge is -2.07. The van der Waals surface area contributed by atoms with Crippen molar-refractivity contribution < 1.29 is 23.5 Å². The van der Waals surface area contributed by atoms with Crippen LogP contribution >= 0.6 is 11.6 Å². The molecule has 0 amide bonds. The molecule has 0 aromatic heterocycles. The standard InChI is InChI=1S/C18H14ClFO4/c1-23-17-7-6-14(20)10-15(17)16(21)11-24-18(22)8-5-12-3-2-4-13(19)9-12/h2-10H,11H2,1H3/b8-5+. The van der Waals surface area contributed by atoms with Crippen LogP contribution in [-0.4, -0.2) is 25.5 Å². The molecule has 0 aliphatic rings. The molecule has 24 heavy (non-hydrogen) atoms. The molecule has 0 spiro atoms. The van der Waals surface area contributed by atoms with Crippen molar-refractivity contribution in [2.45, 2.75) is 0 Å². The molecular formula is C18H14ClFO4. The van der Waals surface area contributed by atoms with Gasteiger partial charge < -0.3 is 9.47 Å². The van der Waals surface area contributed by atoms with Gasteiger partial charge in [0.15, 0.2) is 6.61 Å². The summed E-state index contributed by atoms with van der Waals surface area (Å²) in [6.45, 7) is -0.515. The Morgan fingerprint density at radius 1 is 1.21 bits per heavy atom. The van der Waals surface area contributed by atoms with E-state index in [0.717, 1.165) is 11.6 Å². The first-order chi connectivity index (χ1) is 11.5. The lowest BCUT2D eigenvalue weighted by molar-refractivity contribution is -0.136. The first-order valence-electron chi connectivity index (χ1n) is 6.97. The van der Waals surface area contributed by atoms with E-state index in [-0.39, 0.29) is 11.3 Å². The van der Waals surface area contributed by atoms with Crippen molar-refractivity contribution in [2.24, 2.45) is 0 Å². The largest absolute Gasteiger partial charge is 0.496 e. The maximum atomic E-state index is 13.2. The summed E-state index contributed by atoms with van der Waals surface area (Å²) in [5.41, 5.74) is 0.738. The van der Waals surface area contributed by atoms with Crippen LogP contribution in [0.4, 0.5) is 4.39 Å². The zero-order valence-corrected chi connectivity index (χ0v) is 13.5. The van der Waals surface area contributed by atoms with E-state index in [1.165, 1.54) is 31.4 Å². The van der Waals surface area contributed by atoms with Crippen molar-refractivity contribution in [2.75, 3.05) is 13.7 Å². The summed E-state index contributed by atoms with van der Waals surface area (Å²) in [5, 5.41) is 0.541. The molecule has 0 heterocycles. The van der Waals surface area contributed by atoms with Gasteiger partial charge in [0.05, 0.1) is 12.7 Å². The van der Waals surface area contributed by atoms with Gasteiger partial charge in [-0.3, -0.25) is 4.79 Å². The first kappa shape index (κ1) is 17.7. The van der Waals surface area contributed by atoms with E-state index in [1.54, 1.807) is 24.3 Å². The quantitative estimate of drug-likeness (QED) is 0.451. The Labute approximate surface area is 143 Å². The highest BCUT2D eigenvalue weighted by Crippen LogP contribution is 2.20. The van der Waals surface area contributed by atoms with E-state index >= 15 is 0 Å². The lowest BCUT2D eigenvalue weighted by Crippen LogP contribution is -2.13. The van der Waals surface area contributed by atoms with Gasteiger partial charge in [-0.15, -0.1) is 0 Å². The SMILES string of the molecule is COc1ccc(F)cc1C(=O)COC(=O)/C=C/c1cccc(Cl)c1. The molecule has 0 bridgehead atoms. The number of halogens is 2. The number of hydrogen-bond donors (Lipinski definition) is 0. The van der Waals surface area contributed by atoms with Crippen LogP contribution in [0.15, 0.2) is 48.5 Å². The summed E-state index contributed by atoms with van der Waals surface area (Å²) in [6, 6.07) is 10.4. The highest BCUT2D eigenvalue weighted by Gasteiger charge is 2.15. The minimum Gasteiger partial charge on any atom is -0.496 e. The summed E-state index contributed by atoms with van der Waals surface area (Å²) in [4.78, 5) is 23.7. The van der Waals surface area contributed by atoms with Crippen LogP contribution in [0.1, 0.15) is 15.9 Å². The van der Waals surface area contributed by atoms with Crippen molar-refractivity contribution in [3.05, 3.63) is 70.5 Å². The second-order valence-corrected chi connectivity index (χ2v) is 5.20. The van der Waals surface area contributed by atoms with Crippen molar-refractivity contribution in [3.8, 4) is 5.75 Å². The fraction of sp³-hybridized carbons (Fsp3) is 0.111. The highest BCUT2D eigenvalue weighted by atomic mass is 35.5. The number of ether oxygens (including phenoxy) is 2. The molecule has 0 atom stereocenters. The zero-order valence-electron chi connectivity index (χ0n) is 12.8. The van der Waals surface area contributed by atoms with Gasteiger partial charge in [0.25, 0.3) is 0 Å². The molecule has 0 N–H and O–H groups in total. The third-order valence-corrected chi connectivity index (χ3v) is 3.30. The molecule has 0 saturated carbocycles.